The Labute approximate surface area is 131 Å². The monoisotopic (exact) mass is 297 g/mol. The highest BCUT2D eigenvalue weighted by atomic mass is 16.3. The zero-order valence-corrected chi connectivity index (χ0v) is 12.1. The van der Waals surface area contributed by atoms with Gasteiger partial charge in [-0.15, -0.1) is 0 Å². The van der Waals surface area contributed by atoms with Crippen LogP contribution in [-0.2, 0) is 0 Å². The van der Waals surface area contributed by atoms with E-state index >= 15 is 0 Å². The minimum atomic E-state index is 0.771. The smallest absolute Gasteiger partial charge is 0.153 e. The van der Waals surface area contributed by atoms with Gasteiger partial charge in [0.25, 0.3) is 0 Å². The number of pyridine rings is 3. The summed E-state index contributed by atoms with van der Waals surface area (Å²) in [5.74, 6) is 0. The molecule has 108 valence electrons. The number of fused-ring (bicyclic) bond motifs is 4. The van der Waals surface area contributed by atoms with Gasteiger partial charge < -0.3 is 4.42 Å². The molecule has 0 atom stereocenters. The van der Waals surface area contributed by atoms with E-state index in [9.17, 15) is 0 Å². The summed E-state index contributed by atoms with van der Waals surface area (Å²) < 4.78 is 5.90. The summed E-state index contributed by atoms with van der Waals surface area (Å²) in [5.41, 5.74) is 4.05. The molecule has 5 rings (SSSR count). The zero-order valence-electron chi connectivity index (χ0n) is 12.1. The molecule has 0 fully saturated rings. The Balaban J connectivity index is 1.81. The van der Waals surface area contributed by atoms with Crippen LogP contribution in [0, 0.1) is 0 Å². The fourth-order valence-corrected chi connectivity index (χ4v) is 2.95. The van der Waals surface area contributed by atoms with Crippen molar-refractivity contribution >= 4 is 32.8 Å². The topological polar surface area (TPSA) is 51.8 Å². The average molecular weight is 297 g/mol. The molecule has 0 radical (unpaired) electrons. The lowest BCUT2D eigenvalue weighted by molar-refractivity contribution is 0.668. The third-order valence-corrected chi connectivity index (χ3v) is 4.03. The van der Waals surface area contributed by atoms with E-state index in [2.05, 4.69) is 27.1 Å². The molecule has 4 aromatic heterocycles. The van der Waals surface area contributed by atoms with Crippen LogP contribution in [0.5, 0.6) is 0 Å². The molecule has 0 saturated carbocycles. The first-order chi connectivity index (χ1) is 11.4. The molecule has 0 aliphatic rings. The SMILES string of the molecule is c1ccc2c(-c3cc4oc5cccnc5c4cn3)nccc2c1. The summed E-state index contributed by atoms with van der Waals surface area (Å²) in [4.78, 5) is 13.5. The lowest BCUT2D eigenvalue weighted by atomic mass is 10.1. The maximum atomic E-state index is 5.90. The van der Waals surface area contributed by atoms with Gasteiger partial charge in [0, 0.05) is 30.0 Å². The molecule has 0 aliphatic heterocycles. The first-order valence-electron chi connectivity index (χ1n) is 7.37. The second-order valence-electron chi connectivity index (χ2n) is 5.40. The molecule has 0 bridgehead atoms. The van der Waals surface area contributed by atoms with Crippen molar-refractivity contribution in [3.05, 3.63) is 67.1 Å². The van der Waals surface area contributed by atoms with Crippen molar-refractivity contribution in [2.75, 3.05) is 0 Å². The zero-order chi connectivity index (χ0) is 15.2. The minimum absolute atomic E-state index is 0.771. The molecule has 23 heavy (non-hydrogen) atoms. The number of rotatable bonds is 1. The standard InChI is InChI=1S/C19H11N3O/c1-2-5-13-12(4-1)7-9-21-18(13)15-10-17-14(11-22-15)19-16(23-17)6-3-8-20-19/h1-11H. The van der Waals surface area contributed by atoms with Crippen molar-refractivity contribution in [1.82, 2.24) is 15.0 Å². The Kier molecular flexibility index (Phi) is 2.46. The third-order valence-electron chi connectivity index (χ3n) is 4.03. The normalized spacial score (nSPS) is 11.5. The Bertz CT molecular complexity index is 1170. The molecule has 0 unspecified atom stereocenters. The third kappa shape index (κ3) is 1.82. The van der Waals surface area contributed by atoms with Crippen molar-refractivity contribution in [2.45, 2.75) is 0 Å². The van der Waals surface area contributed by atoms with Crippen LogP contribution in [-0.4, -0.2) is 15.0 Å². The van der Waals surface area contributed by atoms with Gasteiger partial charge in [-0.1, -0.05) is 24.3 Å². The van der Waals surface area contributed by atoms with Gasteiger partial charge in [0.2, 0.25) is 0 Å². The van der Waals surface area contributed by atoms with Crippen molar-refractivity contribution in [3.63, 3.8) is 0 Å². The molecule has 0 amide bonds. The van der Waals surface area contributed by atoms with Crippen LogP contribution in [0.1, 0.15) is 0 Å². The van der Waals surface area contributed by atoms with E-state index < -0.39 is 0 Å². The highest BCUT2D eigenvalue weighted by Gasteiger charge is 2.12. The molecule has 5 aromatic rings. The molecule has 0 spiro atoms. The first-order valence-corrected chi connectivity index (χ1v) is 7.37. The van der Waals surface area contributed by atoms with Crippen LogP contribution >= 0.6 is 0 Å². The molecule has 0 saturated heterocycles. The van der Waals surface area contributed by atoms with Gasteiger partial charge in [-0.3, -0.25) is 15.0 Å². The average Bonchev–Trinajstić information content (AvgIpc) is 2.99. The molecular formula is C19H11N3O. The molecular weight excluding hydrogens is 286 g/mol. The van der Waals surface area contributed by atoms with E-state index in [0.29, 0.717) is 0 Å². The van der Waals surface area contributed by atoms with Crippen LogP contribution in [0.3, 0.4) is 0 Å². The Morgan fingerprint density at radius 1 is 0.739 bits per heavy atom. The largest absolute Gasteiger partial charge is 0.454 e. The molecule has 4 heteroatoms. The van der Waals surface area contributed by atoms with E-state index in [1.165, 1.54) is 0 Å². The number of hydrogen-bond donors (Lipinski definition) is 0. The maximum Gasteiger partial charge on any atom is 0.153 e. The first kappa shape index (κ1) is 12.3. The summed E-state index contributed by atoms with van der Waals surface area (Å²) in [6.07, 6.45) is 5.38. The van der Waals surface area contributed by atoms with Crippen LogP contribution < -0.4 is 0 Å². The second-order valence-corrected chi connectivity index (χ2v) is 5.40. The van der Waals surface area contributed by atoms with Crippen molar-refractivity contribution in [1.29, 1.82) is 0 Å². The summed E-state index contributed by atoms with van der Waals surface area (Å²) >= 11 is 0. The number of furan rings is 1. The molecule has 1 aromatic carbocycles. The lowest BCUT2D eigenvalue weighted by Crippen LogP contribution is -1.88. The van der Waals surface area contributed by atoms with Gasteiger partial charge in [-0.2, -0.15) is 0 Å². The van der Waals surface area contributed by atoms with Crippen molar-refractivity contribution in [2.24, 2.45) is 0 Å². The van der Waals surface area contributed by atoms with Crippen LogP contribution in [0.15, 0.2) is 71.5 Å². The van der Waals surface area contributed by atoms with Gasteiger partial charge in [0.15, 0.2) is 5.58 Å². The molecule has 0 aliphatic carbocycles. The fourth-order valence-electron chi connectivity index (χ4n) is 2.95. The highest BCUT2D eigenvalue weighted by molar-refractivity contribution is 6.03. The Hall–Kier alpha value is -3.27. The molecule has 4 nitrogen and oxygen atoms in total. The van der Waals surface area contributed by atoms with Gasteiger partial charge in [0.1, 0.15) is 11.1 Å². The number of aromatic nitrogens is 3. The molecule has 0 N–H and O–H groups in total. The minimum Gasteiger partial charge on any atom is -0.454 e. The quantitative estimate of drug-likeness (QED) is 0.454. The predicted octanol–water partition coefficient (Wildman–Crippen LogP) is 4.59. The Morgan fingerprint density at radius 2 is 1.70 bits per heavy atom. The summed E-state index contributed by atoms with van der Waals surface area (Å²) in [6.45, 7) is 0. The van der Waals surface area contributed by atoms with Crippen LogP contribution in [0.4, 0.5) is 0 Å². The van der Waals surface area contributed by atoms with E-state index in [1.807, 2.05) is 48.8 Å². The van der Waals surface area contributed by atoms with E-state index in [4.69, 9.17) is 4.42 Å². The summed E-state index contributed by atoms with van der Waals surface area (Å²) in [5, 5.41) is 3.14. The van der Waals surface area contributed by atoms with Gasteiger partial charge in [0.05, 0.1) is 16.8 Å². The highest BCUT2D eigenvalue weighted by Crippen LogP contribution is 2.31. The summed E-state index contributed by atoms with van der Waals surface area (Å²) in [7, 11) is 0. The van der Waals surface area contributed by atoms with E-state index in [-0.39, 0.29) is 0 Å². The van der Waals surface area contributed by atoms with Crippen molar-refractivity contribution in [3.8, 4) is 11.4 Å². The second kappa shape index (κ2) is 4.61. The summed E-state index contributed by atoms with van der Waals surface area (Å²) in [6, 6.07) is 15.9. The van der Waals surface area contributed by atoms with Crippen LogP contribution in [0.25, 0.3) is 44.2 Å². The van der Waals surface area contributed by atoms with Gasteiger partial charge in [-0.25, -0.2) is 0 Å². The van der Waals surface area contributed by atoms with Gasteiger partial charge >= 0.3 is 0 Å². The lowest BCUT2D eigenvalue weighted by Gasteiger charge is -2.04. The van der Waals surface area contributed by atoms with Crippen molar-refractivity contribution < 1.29 is 4.42 Å². The fraction of sp³-hybridized carbons (Fsp3) is 0. The Morgan fingerprint density at radius 3 is 2.70 bits per heavy atom. The van der Waals surface area contributed by atoms with Crippen LogP contribution in [0.2, 0.25) is 0 Å². The molecule has 4 heterocycles. The predicted molar refractivity (Wildman–Crippen MR) is 90.0 cm³/mol. The number of hydrogen-bond acceptors (Lipinski definition) is 4. The van der Waals surface area contributed by atoms with Gasteiger partial charge in [-0.05, 0) is 23.6 Å². The number of benzene rings is 1. The number of nitrogens with zero attached hydrogens (tertiary/aromatic N) is 3. The van der Waals surface area contributed by atoms with E-state index in [0.717, 1.165) is 44.2 Å². The maximum absolute atomic E-state index is 5.90. The van der Waals surface area contributed by atoms with E-state index in [1.54, 1.807) is 6.20 Å².